The monoisotopic (exact) mass is 444 g/mol. The minimum Gasteiger partial charge on any atom is -0.407 e. The first-order valence-electron chi connectivity index (χ1n) is 10.9. The standard InChI is InChI=1S/C23H29FN4O4/c1-30-22(31-2)18-12-26-23(25-11-15-7-8-15)27-20(18)32-21(29)17-9-10-28(14-17)13-16-5-3-4-6-19(16)24/h3-6,12,15,17,22H,7-11,13-14H2,1-2H3,(H,25,26,27). The van der Waals surface area contributed by atoms with Crippen LogP contribution in [-0.4, -0.2) is 54.7 Å². The molecular formula is C23H29FN4O4. The lowest BCUT2D eigenvalue weighted by molar-refractivity contribution is -0.139. The molecular weight excluding hydrogens is 415 g/mol. The Hall–Kier alpha value is -2.62. The number of methoxy groups -OCH3 is 2. The fourth-order valence-electron chi connectivity index (χ4n) is 3.83. The van der Waals surface area contributed by atoms with Crippen molar-refractivity contribution in [2.75, 3.05) is 39.2 Å². The highest BCUT2D eigenvalue weighted by Crippen LogP contribution is 2.31. The van der Waals surface area contributed by atoms with Crippen molar-refractivity contribution in [3.8, 4) is 5.88 Å². The number of likely N-dealkylation sites (tertiary alicyclic amines) is 1. The molecule has 1 atom stereocenters. The van der Waals surface area contributed by atoms with Crippen LogP contribution >= 0.6 is 0 Å². The molecule has 0 radical (unpaired) electrons. The van der Waals surface area contributed by atoms with E-state index in [0.29, 0.717) is 49.0 Å². The smallest absolute Gasteiger partial charge is 0.317 e. The van der Waals surface area contributed by atoms with Gasteiger partial charge < -0.3 is 19.5 Å². The van der Waals surface area contributed by atoms with Crippen LogP contribution in [0.15, 0.2) is 30.5 Å². The molecule has 2 aliphatic rings. The molecule has 0 spiro atoms. The number of nitrogens with zero attached hydrogens (tertiary/aromatic N) is 3. The number of carbonyl (C=O) groups excluding carboxylic acids is 1. The fourth-order valence-corrected chi connectivity index (χ4v) is 3.83. The minimum absolute atomic E-state index is 0.129. The van der Waals surface area contributed by atoms with Gasteiger partial charge in [0.15, 0.2) is 6.29 Å². The molecule has 4 rings (SSSR count). The van der Waals surface area contributed by atoms with E-state index in [0.717, 1.165) is 6.54 Å². The number of rotatable bonds is 10. The van der Waals surface area contributed by atoms with Gasteiger partial charge in [0, 0.05) is 45.6 Å². The maximum absolute atomic E-state index is 14.0. The van der Waals surface area contributed by atoms with Gasteiger partial charge >= 0.3 is 5.97 Å². The van der Waals surface area contributed by atoms with Crippen molar-refractivity contribution < 1.29 is 23.4 Å². The molecule has 1 aromatic carbocycles. The van der Waals surface area contributed by atoms with Crippen LogP contribution in [-0.2, 0) is 20.8 Å². The Morgan fingerprint density at radius 1 is 1.25 bits per heavy atom. The molecule has 0 bridgehead atoms. The molecule has 2 aromatic rings. The Bertz CT molecular complexity index is 936. The number of aromatic nitrogens is 2. The highest BCUT2D eigenvalue weighted by molar-refractivity contribution is 5.75. The summed E-state index contributed by atoms with van der Waals surface area (Å²) >= 11 is 0. The van der Waals surface area contributed by atoms with Gasteiger partial charge in [-0.05, 0) is 37.8 Å². The molecule has 1 aliphatic carbocycles. The van der Waals surface area contributed by atoms with Gasteiger partial charge in [-0.2, -0.15) is 4.98 Å². The van der Waals surface area contributed by atoms with Crippen LogP contribution in [0.25, 0.3) is 0 Å². The largest absolute Gasteiger partial charge is 0.407 e. The molecule has 1 aliphatic heterocycles. The molecule has 1 N–H and O–H groups in total. The number of halogens is 1. The van der Waals surface area contributed by atoms with Crippen molar-refractivity contribution in [3.63, 3.8) is 0 Å². The predicted octanol–water partition coefficient (Wildman–Crippen LogP) is 3.16. The number of carbonyl (C=O) groups is 1. The van der Waals surface area contributed by atoms with Gasteiger partial charge in [-0.25, -0.2) is 9.37 Å². The zero-order chi connectivity index (χ0) is 22.5. The molecule has 8 nitrogen and oxygen atoms in total. The first kappa shape index (κ1) is 22.6. The summed E-state index contributed by atoms with van der Waals surface area (Å²) in [7, 11) is 2.99. The predicted molar refractivity (Wildman–Crippen MR) is 115 cm³/mol. The van der Waals surface area contributed by atoms with Crippen molar-refractivity contribution in [3.05, 3.63) is 47.4 Å². The third-order valence-corrected chi connectivity index (χ3v) is 5.86. The summed E-state index contributed by atoms with van der Waals surface area (Å²) in [5.74, 6) is 0.247. The van der Waals surface area contributed by atoms with E-state index in [4.69, 9.17) is 14.2 Å². The van der Waals surface area contributed by atoms with Crippen LogP contribution in [0.4, 0.5) is 10.3 Å². The van der Waals surface area contributed by atoms with Crippen LogP contribution in [0.5, 0.6) is 5.88 Å². The maximum atomic E-state index is 14.0. The van der Waals surface area contributed by atoms with Crippen molar-refractivity contribution in [1.82, 2.24) is 14.9 Å². The molecule has 1 unspecified atom stereocenters. The third-order valence-electron chi connectivity index (χ3n) is 5.86. The summed E-state index contributed by atoms with van der Waals surface area (Å²) in [6.07, 6.45) is 3.84. The van der Waals surface area contributed by atoms with Crippen LogP contribution in [0.2, 0.25) is 0 Å². The van der Waals surface area contributed by atoms with Gasteiger partial charge in [0.2, 0.25) is 11.8 Å². The number of ether oxygens (including phenoxy) is 3. The summed E-state index contributed by atoms with van der Waals surface area (Å²) in [5, 5.41) is 3.19. The van der Waals surface area contributed by atoms with E-state index in [1.807, 2.05) is 6.07 Å². The van der Waals surface area contributed by atoms with Crippen molar-refractivity contribution in [1.29, 1.82) is 0 Å². The Morgan fingerprint density at radius 2 is 2.03 bits per heavy atom. The lowest BCUT2D eigenvalue weighted by atomic mass is 10.1. The molecule has 1 saturated heterocycles. The lowest BCUT2D eigenvalue weighted by Crippen LogP contribution is -2.27. The minimum atomic E-state index is -0.753. The van der Waals surface area contributed by atoms with E-state index in [9.17, 15) is 9.18 Å². The van der Waals surface area contributed by atoms with E-state index in [-0.39, 0.29) is 23.6 Å². The highest BCUT2D eigenvalue weighted by atomic mass is 19.1. The molecule has 32 heavy (non-hydrogen) atoms. The molecule has 172 valence electrons. The topological polar surface area (TPSA) is 85.8 Å². The van der Waals surface area contributed by atoms with E-state index in [1.165, 1.54) is 33.1 Å². The summed E-state index contributed by atoms with van der Waals surface area (Å²) < 4.78 is 30.3. The molecule has 1 aromatic heterocycles. The van der Waals surface area contributed by atoms with E-state index in [2.05, 4.69) is 20.2 Å². The van der Waals surface area contributed by atoms with Crippen LogP contribution in [0, 0.1) is 17.7 Å². The van der Waals surface area contributed by atoms with Gasteiger partial charge in [0.05, 0.1) is 11.5 Å². The second-order valence-corrected chi connectivity index (χ2v) is 8.31. The SMILES string of the molecule is COC(OC)c1cnc(NCC2CC2)nc1OC(=O)C1CCN(Cc2ccccc2F)C1. The first-order valence-corrected chi connectivity index (χ1v) is 10.9. The molecule has 1 saturated carbocycles. The number of hydrogen-bond acceptors (Lipinski definition) is 8. The lowest BCUT2D eigenvalue weighted by Gasteiger charge is -2.18. The quantitative estimate of drug-likeness (QED) is 0.442. The summed E-state index contributed by atoms with van der Waals surface area (Å²) in [6.45, 7) is 2.44. The molecule has 2 heterocycles. The van der Waals surface area contributed by atoms with Crippen LogP contribution in [0.3, 0.4) is 0 Å². The van der Waals surface area contributed by atoms with E-state index < -0.39 is 6.29 Å². The molecule has 0 amide bonds. The summed E-state index contributed by atoms with van der Waals surface area (Å²) in [6, 6.07) is 6.70. The van der Waals surface area contributed by atoms with Crippen molar-refractivity contribution in [2.45, 2.75) is 32.1 Å². The van der Waals surface area contributed by atoms with Gasteiger partial charge in [-0.1, -0.05) is 18.2 Å². The highest BCUT2D eigenvalue weighted by Gasteiger charge is 2.32. The number of nitrogens with one attached hydrogen (secondary N) is 1. The van der Waals surface area contributed by atoms with Gasteiger partial charge in [-0.15, -0.1) is 0 Å². The normalized spacial score (nSPS) is 18.8. The van der Waals surface area contributed by atoms with Crippen LogP contribution in [0.1, 0.15) is 36.7 Å². The van der Waals surface area contributed by atoms with Gasteiger partial charge in [0.25, 0.3) is 0 Å². The average Bonchev–Trinajstić information content (AvgIpc) is 3.51. The summed E-state index contributed by atoms with van der Waals surface area (Å²) in [4.78, 5) is 23.7. The average molecular weight is 445 g/mol. The third kappa shape index (κ3) is 5.59. The van der Waals surface area contributed by atoms with Crippen molar-refractivity contribution >= 4 is 11.9 Å². The number of hydrogen-bond donors (Lipinski definition) is 1. The number of benzene rings is 1. The Labute approximate surface area is 187 Å². The first-order chi connectivity index (χ1) is 15.6. The summed E-state index contributed by atoms with van der Waals surface area (Å²) in [5.41, 5.74) is 1.07. The van der Waals surface area contributed by atoms with E-state index in [1.54, 1.807) is 18.3 Å². The van der Waals surface area contributed by atoms with Crippen LogP contribution < -0.4 is 10.1 Å². The van der Waals surface area contributed by atoms with Gasteiger partial charge in [-0.3, -0.25) is 9.69 Å². The Balaban J connectivity index is 1.42. The maximum Gasteiger partial charge on any atom is 0.317 e. The van der Waals surface area contributed by atoms with Crippen molar-refractivity contribution in [2.24, 2.45) is 11.8 Å². The Morgan fingerprint density at radius 3 is 2.75 bits per heavy atom. The second kappa shape index (κ2) is 10.3. The zero-order valence-electron chi connectivity index (χ0n) is 18.4. The zero-order valence-corrected chi connectivity index (χ0v) is 18.4. The van der Waals surface area contributed by atoms with Gasteiger partial charge in [0.1, 0.15) is 5.82 Å². The number of anilines is 1. The second-order valence-electron chi connectivity index (χ2n) is 8.31. The number of esters is 1. The van der Waals surface area contributed by atoms with E-state index >= 15 is 0 Å². The molecule has 9 heteroatoms. The Kier molecular flexibility index (Phi) is 7.29. The molecule has 2 fully saturated rings. The fraction of sp³-hybridized carbons (Fsp3) is 0.522.